The summed E-state index contributed by atoms with van der Waals surface area (Å²) in [6.45, 7) is 1.77. The number of aryl methyl sites for hydroxylation is 1. The number of carbonyl (C=O) groups is 1. The van der Waals surface area contributed by atoms with Crippen LogP contribution in [0.5, 0.6) is 0 Å². The van der Waals surface area contributed by atoms with Gasteiger partial charge in [0.05, 0.1) is 0 Å². The third-order valence-corrected chi connectivity index (χ3v) is 3.49. The molecule has 1 aromatic heterocycles. The molecular formula is C13H11BrN4O2. The fourth-order valence-corrected chi connectivity index (χ4v) is 2.57. The van der Waals surface area contributed by atoms with E-state index in [2.05, 4.69) is 31.3 Å². The molecule has 2 N–H and O–H groups in total. The van der Waals surface area contributed by atoms with Gasteiger partial charge in [-0.1, -0.05) is 28.1 Å². The highest BCUT2D eigenvalue weighted by atomic mass is 79.9. The molecule has 0 fully saturated rings. The zero-order valence-corrected chi connectivity index (χ0v) is 12.1. The summed E-state index contributed by atoms with van der Waals surface area (Å²) < 4.78 is 2.61. The Kier molecular flexibility index (Phi) is 3.06. The highest BCUT2D eigenvalue weighted by Crippen LogP contribution is 2.30. The molecule has 0 aliphatic carbocycles. The molecule has 0 saturated heterocycles. The van der Waals surface area contributed by atoms with Crippen molar-refractivity contribution in [2.24, 2.45) is 0 Å². The maximum atomic E-state index is 11.2. The van der Waals surface area contributed by atoms with Crippen molar-refractivity contribution >= 4 is 27.8 Å². The number of allylic oxidation sites excluding steroid dienone is 1. The van der Waals surface area contributed by atoms with E-state index >= 15 is 0 Å². The van der Waals surface area contributed by atoms with Gasteiger partial charge in [0.2, 0.25) is 5.95 Å². The van der Waals surface area contributed by atoms with E-state index < -0.39 is 5.97 Å². The first-order chi connectivity index (χ1) is 9.54. The monoisotopic (exact) mass is 334 g/mol. The minimum atomic E-state index is -1.02. The lowest BCUT2D eigenvalue weighted by Gasteiger charge is -2.22. The van der Waals surface area contributed by atoms with Gasteiger partial charge >= 0.3 is 5.97 Å². The van der Waals surface area contributed by atoms with Crippen LogP contribution < -0.4 is 5.32 Å². The van der Waals surface area contributed by atoms with Gasteiger partial charge in [0.1, 0.15) is 17.6 Å². The molecule has 0 radical (unpaired) electrons. The van der Waals surface area contributed by atoms with E-state index in [9.17, 15) is 9.90 Å². The molecule has 102 valence electrons. The maximum Gasteiger partial charge on any atom is 0.352 e. The third-order valence-electron chi connectivity index (χ3n) is 2.99. The summed E-state index contributed by atoms with van der Waals surface area (Å²) in [5.74, 6) is 0.0109. The molecule has 20 heavy (non-hydrogen) atoms. The Labute approximate surface area is 123 Å². The lowest BCUT2D eigenvalue weighted by atomic mass is 10.0. The fourth-order valence-electron chi connectivity index (χ4n) is 2.15. The summed E-state index contributed by atoms with van der Waals surface area (Å²) >= 11 is 3.42. The fraction of sp³-hybridized carbons (Fsp3) is 0.154. The lowest BCUT2D eigenvalue weighted by molar-refractivity contribution is -0.132. The minimum absolute atomic E-state index is 0.106. The normalized spacial score (nSPS) is 17.1. The number of carboxylic acid groups (broad SMARTS) is 1. The summed E-state index contributed by atoms with van der Waals surface area (Å²) in [5.41, 5.74) is 1.04. The van der Waals surface area contributed by atoms with E-state index in [0.717, 1.165) is 10.0 Å². The van der Waals surface area contributed by atoms with Crippen LogP contribution in [-0.4, -0.2) is 25.8 Å². The van der Waals surface area contributed by atoms with Crippen LogP contribution in [0.2, 0.25) is 0 Å². The SMILES string of the molecule is Cc1nc2n(n1)[C@@H](c1cccc(Br)c1)C=C(C(=O)O)N2. The molecule has 2 aromatic rings. The first-order valence-electron chi connectivity index (χ1n) is 5.95. The van der Waals surface area contributed by atoms with E-state index in [1.54, 1.807) is 17.7 Å². The molecule has 3 rings (SSSR count). The number of benzene rings is 1. The molecule has 1 aromatic carbocycles. The number of anilines is 1. The quantitative estimate of drug-likeness (QED) is 0.881. The van der Waals surface area contributed by atoms with E-state index in [-0.39, 0.29) is 11.7 Å². The number of nitrogens with zero attached hydrogens (tertiary/aromatic N) is 3. The van der Waals surface area contributed by atoms with Crippen LogP contribution in [-0.2, 0) is 4.79 Å². The van der Waals surface area contributed by atoms with Gasteiger partial charge in [-0.15, -0.1) is 0 Å². The predicted octanol–water partition coefficient (Wildman–Crippen LogP) is 2.33. The Bertz CT molecular complexity index is 723. The molecular weight excluding hydrogens is 324 g/mol. The number of rotatable bonds is 2. The van der Waals surface area contributed by atoms with Crippen molar-refractivity contribution in [1.29, 1.82) is 0 Å². The van der Waals surface area contributed by atoms with Crippen LogP contribution in [0.1, 0.15) is 17.4 Å². The van der Waals surface area contributed by atoms with Gasteiger partial charge in [-0.2, -0.15) is 10.1 Å². The molecule has 0 unspecified atom stereocenters. The van der Waals surface area contributed by atoms with E-state index in [4.69, 9.17) is 0 Å². The van der Waals surface area contributed by atoms with Crippen molar-refractivity contribution in [2.75, 3.05) is 5.32 Å². The number of halogens is 1. The molecule has 6 nitrogen and oxygen atoms in total. The number of aliphatic carboxylic acids is 1. The lowest BCUT2D eigenvalue weighted by Crippen LogP contribution is -2.24. The summed E-state index contributed by atoms with van der Waals surface area (Å²) in [5, 5.41) is 16.3. The highest BCUT2D eigenvalue weighted by molar-refractivity contribution is 9.10. The Morgan fingerprint density at radius 2 is 2.30 bits per heavy atom. The van der Waals surface area contributed by atoms with Crippen molar-refractivity contribution < 1.29 is 9.90 Å². The Hall–Kier alpha value is -2.15. The highest BCUT2D eigenvalue weighted by Gasteiger charge is 2.26. The zero-order chi connectivity index (χ0) is 14.3. The largest absolute Gasteiger partial charge is 0.477 e. The van der Waals surface area contributed by atoms with Gasteiger partial charge in [0.15, 0.2) is 0 Å². The van der Waals surface area contributed by atoms with Gasteiger partial charge < -0.3 is 10.4 Å². The number of carboxylic acids is 1. The second-order valence-corrected chi connectivity index (χ2v) is 5.35. The molecule has 0 spiro atoms. The summed E-state index contributed by atoms with van der Waals surface area (Å²) in [6.07, 6.45) is 1.63. The number of aromatic nitrogens is 3. The molecule has 0 bridgehead atoms. The Morgan fingerprint density at radius 1 is 1.50 bits per heavy atom. The zero-order valence-electron chi connectivity index (χ0n) is 10.5. The number of fused-ring (bicyclic) bond motifs is 1. The second-order valence-electron chi connectivity index (χ2n) is 4.44. The molecule has 1 atom stereocenters. The van der Waals surface area contributed by atoms with E-state index in [1.165, 1.54) is 0 Å². The average Bonchev–Trinajstić information content (AvgIpc) is 2.77. The van der Waals surface area contributed by atoms with Crippen molar-refractivity contribution in [3.8, 4) is 0 Å². The number of hydrogen-bond donors (Lipinski definition) is 2. The van der Waals surface area contributed by atoms with Crippen LogP contribution in [0.15, 0.2) is 40.5 Å². The van der Waals surface area contributed by atoms with Crippen molar-refractivity contribution in [3.63, 3.8) is 0 Å². The van der Waals surface area contributed by atoms with Crippen LogP contribution in [0.4, 0.5) is 5.95 Å². The van der Waals surface area contributed by atoms with Gasteiger partial charge in [0.25, 0.3) is 0 Å². The Morgan fingerprint density at radius 3 is 3.00 bits per heavy atom. The summed E-state index contributed by atoms with van der Waals surface area (Å²) in [4.78, 5) is 15.4. The van der Waals surface area contributed by atoms with E-state index in [0.29, 0.717) is 11.8 Å². The molecule has 7 heteroatoms. The van der Waals surface area contributed by atoms with Gasteiger partial charge in [-0.3, -0.25) is 0 Å². The van der Waals surface area contributed by atoms with Crippen molar-refractivity contribution in [2.45, 2.75) is 13.0 Å². The average molecular weight is 335 g/mol. The predicted molar refractivity (Wildman–Crippen MR) is 76.4 cm³/mol. The Balaban J connectivity index is 2.14. The smallest absolute Gasteiger partial charge is 0.352 e. The van der Waals surface area contributed by atoms with Crippen LogP contribution in [0, 0.1) is 6.92 Å². The number of nitrogens with one attached hydrogen (secondary N) is 1. The summed E-state index contributed by atoms with van der Waals surface area (Å²) in [6, 6.07) is 7.39. The third kappa shape index (κ3) is 2.20. The molecule has 0 amide bonds. The maximum absolute atomic E-state index is 11.2. The molecule has 1 aliphatic heterocycles. The molecule has 0 saturated carbocycles. The van der Waals surface area contributed by atoms with Crippen LogP contribution in [0.25, 0.3) is 0 Å². The molecule has 2 heterocycles. The van der Waals surface area contributed by atoms with Gasteiger partial charge in [-0.05, 0) is 30.7 Å². The minimum Gasteiger partial charge on any atom is -0.477 e. The van der Waals surface area contributed by atoms with E-state index in [1.807, 2.05) is 24.3 Å². The first-order valence-corrected chi connectivity index (χ1v) is 6.74. The van der Waals surface area contributed by atoms with Gasteiger partial charge in [-0.25, -0.2) is 9.48 Å². The van der Waals surface area contributed by atoms with Crippen LogP contribution in [0.3, 0.4) is 0 Å². The number of hydrogen-bond acceptors (Lipinski definition) is 4. The van der Waals surface area contributed by atoms with Crippen molar-refractivity contribution in [3.05, 3.63) is 51.9 Å². The molecule has 1 aliphatic rings. The summed E-state index contributed by atoms with van der Waals surface area (Å²) in [7, 11) is 0. The first kappa shape index (κ1) is 12.9. The topological polar surface area (TPSA) is 80.0 Å². The van der Waals surface area contributed by atoms with Gasteiger partial charge in [0, 0.05) is 4.47 Å². The van der Waals surface area contributed by atoms with Crippen molar-refractivity contribution in [1.82, 2.24) is 14.8 Å². The standard InChI is InChI=1S/C13H11BrN4O2/c1-7-15-13-16-10(12(19)20)6-11(18(13)17-7)8-3-2-4-9(14)5-8/h2-6,11H,1H3,(H,19,20)(H,15,16,17)/t11-/m1/s1. The van der Waals surface area contributed by atoms with Crippen LogP contribution >= 0.6 is 15.9 Å². The second kappa shape index (κ2) is 4.75.